The van der Waals surface area contributed by atoms with E-state index in [0.717, 1.165) is 46.9 Å². The van der Waals surface area contributed by atoms with Crippen LogP contribution in [-0.4, -0.2) is 27.0 Å². The van der Waals surface area contributed by atoms with Crippen LogP contribution in [0.2, 0.25) is 5.02 Å². The molecule has 0 fully saturated rings. The van der Waals surface area contributed by atoms with Gasteiger partial charge in [-0.05, 0) is 36.9 Å². The first-order valence-electron chi connectivity index (χ1n) is 7.61. The van der Waals surface area contributed by atoms with Crippen molar-refractivity contribution in [1.29, 1.82) is 0 Å². The van der Waals surface area contributed by atoms with Gasteiger partial charge >= 0.3 is 0 Å². The lowest BCUT2D eigenvalue weighted by Crippen LogP contribution is -2.32. The van der Waals surface area contributed by atoms with E-state index in [1.165, 1.54) is 0 Å². The fourth-order valence-electron chi connectivity index (χ4n) is 2.88. The molecule has 3 rings (SSSR count). The second-order valence-corrected chi connectivity index (χ2v) is 5.81. The summed E-state index contributed by atoms with van der Waals surface area (Å²) < 4.78 is 17.0. The van der Waals surface area contributed by atoms with Crippen molar-refractivity contribution in [3.8, 4) is 28.4 Å². The van der Waals surface area contributed by atoms with E-state index in [4.69, 9.17) is 25.8 Å². The number of fused-ring (bicyclic) bond motifs is 1. The smallest absolute Gasteiger partial charge is 0.154 e. The molecule has 23 heavy (non-hydrogen) atoms. The van der Waals surface area contributed by atoms with Crippen molar-refractivity contribution in [3.63, 3.8) is 0 Å². The zero-order valence-corrected chi connectivity index (χ0v) is 14.2. The normalized spacial score (nSPS) is 15.9. The van der Waals surface area contributed by atoms with Gasteiger partial charge in [0.15, 0.2) is 6.23 Å². The highest BCUT2D eigenvalue weighted by Crippen LogP contribution is 2.45. The minimum Gasteiger partial charge on any atom is -0.497 e. The maximum atomic E-state index is 6.19. The molecule has 0 spiro atoms. The molecule has 0 saturated heterocycles. The molecule has 4 nitrogen and oxygen atoms in total. The van der Waals surface area contributed by atoms with Crippen LogP contribution in [0.3, 0.4) is 0 Å². The van der Waals surface area contributed by atoms with E-state index in [9.17, 15) is 0 Å². The minimum atomic E-state index is -0.0222. The van der Waals surface area contributed by atoms with Crippen LogP contribution in [0.5, 0.6) is 17.2 Å². The minimum absolute atomic E-state index is 0.0222. The van der Waals surface area contributed by atoms with E-state index < -0.39 is 0 Å². The number of nitrogens with one attached hydrogen (secondary N) is 1. The van der Waals surface area contributed by atoms with E-state index in [-0.39, 0.29) is 6.23 Å². The van der Waals surface area contributed by atoms with Crippen molar-refractivity contribution in [2.45, 2.75) is 19.6 Å². The molecule has 0 amide bonds. The lowest BCUT2D eigenvalue weighted by Gasteiger charge is -2.15. The number of halogens is 1. The topological polar surface area (TPSA) is 39.7 Å². The van der Waals surface area contributed by atoms with Gasteiger partial charge in [-0.2, -0.15) is 0 Å². The Hall–Kier alpha value is -1.91. The summed E-state index contributed by atoms with van der Waals surface area (Å²) in [5.74, 6) is 2.40. The number of rotatable bonds is 5. The van der Waals surface area contributed by atoms with Gasteiger partial charge in [0.05, 0.1) is 14.2 Å². The number of methoxy groups -OCH3 is 2. The molecular formula is C18H20ClNO3. The Morgan fingerprint density at radius 2 is 2.00 bits per heavy atom. The van der Waals surface area contributed by atoms with Gasteiger partial charge in [-0.25, -0.2) is 0 Å². The average Bonchev–Trinajstić information content (AvgIpc) is 2.96. The summed E-state index contributed by atoms with van der Waals surface area (Å²) in [6.45, 7) is 2.92. The van der Waals surface area contributed by atoms with E-state index in [0.29, 0.717) is 5.02 Å². The molecule has 1 aliphatic heterocycles. The van der Waals surface area contributed by atoms with Crippen molar-refractivity contribution in [1.82, 2.24) is 5.32 Å². The summed E-state index contributed by atoms with van der Waals surface area (Å²) in [5, 5.41) is 3.98. The van der Waals surface area contributed by atoms with Crippen LogP contribution in [0.15, 0.2) is 30.3 Å². The molecule has 0 aromatic heterocycles. The highest BCUT2D eigenvalue weighted by molar-refractivity contribution is 6.31. The largest absolute Gasteiger partial charge is 0.497 e. The van der Waals surface area contributed by atoms with Crippen LogP contribution in [0.25, 0.3) is 11.1 Å². The predicted molar refractivity (Wildman–Crippen MR) is 91.8 cm³/mol. The van der Waals surface area contributed by atoms with Crippen LogP contribution < -0.4 is 19.5 Å². The number of likely N-dealkylation sites (N-methyl/N-ethyl adjacent to an activating group) is 1. The Morgan fingerprint density at radius 3 is 2.70 bits per heavy atom. The molecule has 1 N–H and O–H groups in total. The average molecular weight is 334 g/mol. The van der Waals surface area contributed by atoms with Gasteiger partial charge in [0.1, 0.15) is 17.2 Å². The number of hydrogen-bond donors (Lipinski definition) is 1. The molecule has 0 radical (unpaired) electrons. The summed E-state index contributed by atoms with van der Waals surface area (Å²) in [7, 11) is 3.31. The number of hydrogen-bond acceptors (Lipinski definition) is 4. The van der Waals surface area contributed by atoms with Crippen LogP contribution in [0, 0.1) is 0 Å². The van der Waals surface area contributed by atoms with E-state index in [1.54, 1.807) is 14.2 Å². The SMILES string of the molecule is CCNC1Cc2cc(OC)cc(-c3cc(Cl)ccc3OC)c2O1. The van der Waals surface area contributed by atoms with Gasteiger partial charge in [0.2, 0.25) is 0 Å². The molecule has 1 aliphatic rings. The Morgan fingerprint density at radius 1 is 1.17 bits per heavy atom. The summed E-state index contributed by atoms with van der Waals surface area (Å²) >= 11 is 6.19. The lowest BCUT2D eigenvalue weighted by atomic mass is 9.99. The van der Waals surface area contributed by atoms with Gasteiger partial charge in [0.25, 0.3) is 0 Å². The molecule has 0 bridgehead atoms. The van der Waals surface area contributed by atoms with Crippen molar-refractivity contribution in [2.75, 3.05) is 20.8 Å². The Kier molecular flexibility index (Phi) is 4.64. The molecule has 1 unspecified atom stereocenters. The maximum Gasteiger partial charge on any atom is 0.154 e. The third kappa shape index (κ3) is 3.09. The molecule has 122 valence electrons. The van der Waals surface area contributed by atoms with Gasteiger partial charge in [-0.3, -0.25) is 5.32 Å². The first-order valence-corrected chi connectivity index (χ1v) is 7.99. The Bertz CT molecular complexity index is 718. The molecule has 5 heteroatoms. The zero-order valence-electron chi connectivity index (χ0n) is 13.5. The first-order chi connectivity index (χ1) is 11.2. The summed E-state index contributed by atoms with van der Waals surface area (Å²) in [4.78, 5) is 0. The highest BCUT2D eigenvalue weighted by Gasteiger charge is 2.27. The second kappa shape index (κ2) is 6.69. The predicted octanol–water partition coefficient (Wildman–Crippen LogP) is 3.89. The number of ether oxygens (including phenoxy) is 3. The van der Waals surface area contributed by atoms with Crippen molar-refractivity contribution in [3.05, 3.63) is 40.9 Å². The quantitative estimate of drug-likeness (QED) is 0.901. The maximum absolute atomic E-state index is 6.19. The molecule has 1 atom stereocenters. The molecular weight excluding hydrogens is 314 g/mol. The second-order valence-electron chi connectivity index (χ2n) is 5.38. The van der Waals surface area contributed by atoms with Gasteiger partial charge in [-0.15, -0.1) is 0 Å². The van der Waals surface area contributed by atoms with Gasteiger partial charge in [0, 0.05) is 28.1 Å². The van der Waals surface area contributed by atoms with Gasteiger partial charge in [-0.1, -0.05) is 18.5 Å². The fraction of sp³-hybridized carbons (Fsp3) is 0.333. The summed E-state index contributed by atoms with van der Waals surface area (Å²) in [6, 6.07) is 9.54. The fourth-order valence-corrected chi connectivity index (χ4v) is 3.06. The van der Waals surface area contributed by atoms with E-state index in [2.05, 4.69) is 12.2 Å². The zero-order chi connectivity index (χ0) is 16.4. The van der Waals surface area contributed by atoms with E-state index in [1.807, 2.05) is 30.3 Å². The highest BCUT2D eigenvalue weighted by atomic mass is 35.5. The van der Waals surface area contributed by atoms with Crippen molar-refractivity contribution >= 4 is 11.6 Å². The molecule has 1 heterocycles. The standard InChI is InChI=1S/C18H20ClNO3/c1-4-20-17-8-11-7-13(21-2)10-15(18(11)23-17)14-9-12(19)5-6-16(14)22-3/h5-7,9-10,17,20H,4,8H2,1-3H3. The van der Waals surface area contributed by atoms with Gasteiger partial charge < -0.3 is 14.2 Å². The summed E-state index contributed by atoms with van der Waals surface area (Å²) in [5.41, 5.74) is 2.94. The third-order valence-electron chi connectivity index (χ3n) is 3.92. The first kappa shape index (κ1) is 16.0. The monoisotopic (exact) mass is 333 g/mol. The van der Waals surface area contributed by atoms with Crippen molar-refractivity contribution in [2.24, 2.45) is 0 Å². The van der Waals surface area contributed by atoms with E-state index >= 15 is 0 Å². The lowest BCUT2D eigenvalue weighted by molar-refractivity contribution is 0.195. The Labute approximate surface area is 141 Å². The van der Waals surface area contributed by atoms with Crippen molar-refractivity contribution < 1.29 is 14.2 Å². The van der Waals surface area contributed by atoms with Crippen LogP contribution in [0.1, 0.15) is 12.5 Å². The van der Waals surface area contributed by atoms with Crippen LogP contribution in [-0.2, 0) is 6.42 Å². The molecule has 0 aliphatic carbocycles. The Balaban J connectivity index is 2.14. The number of benzene rings is 2. The van der Waals surface area contributed by atoms with Crippen LogP contribution in [0.4, 0.5) is 0 Å². The summed E-state index contributed by atoms with van der Waals surface area (Å²) in [6.07, 6.45) is 0.780. The molecule has 2 aromatic carbocycles. The molecule has 0 saturated carbocycles. The third-order valence-corrected chi connectivity index (χ3v) is 4.16. The molecule has 2 aromatic rings. The van der Waals surface area contributed by atoms with Crippen LogP contribution >= 0.6 is 11.6 Å².